The Morgan fingerprint density at radius 1 is 0.612 bits per heavy atom. The van der Waals surface area contributed by atoms with Gasteiger partial charge in [0, 0.05) is 11.1 Å². The van der Waals surface area contributed by atoms with E-state index in [9.17, 15) is 14.7 Å². The molecule has 0 saturated carbocycles. The van der Waals surface area contributed by atoms with Crippen molar-refractivity contribution in [2.75, 3.05) is 19.8 Å². The minimum absolute atomic E-state index is 0.0938. The number of carbonyl (C=O) groups is 2. The van der Waals surface area contributed by atoms with Crippen molar-refractivity contribution >= 4 is 11.9 Å². The first-order valence-electron chi connectivity index (χ1n) is 17.2. The summed E-state index contributed by atoms with van der Waals surface area (Å²) in [7, 11) is 0. The second kappa shape index (κ2) is 21.9. The quantitative estimate of drug-likeness (QED) is 0.0576. The Hall–Kier alpha value is -4.82. The third-order valence-corrected chi connectivity index (χ3v) is 7.58. The van der Waals surface area contributed by atoms with Crippen molar-refractivity contribution < 1.29 is 38.7 Å². The molecule has 0 saturated heterocycles. The fourth-order valence-corrected chi connectivity index (χ4v) is 4.80. The molecule has 49 heavy (non-hydrogen) atoms. The lowest BCUT2D eigenvalue weighted by atomic mass is 10.0. The molecule has 0 heterocycles. The minimum Gasteiger partial charge on any atom is -0.494 e. The van der Waals surface area contributed by atoms with Gasteiger partial charge in [-0.15, -0.1) is 0 Å². The van der Waals surface area contributed by atoms with Gasteiger partial charge in [-0.25, -0.2) is 9.59 Å². The maximum Gasteiger partial charge on any atom is 0.343 e. The number of carboxylic acid groups (broad SMARTS) is 1. The molecular weight excluding hydrogens is 620 g/mol. The Labute approximate surface area is 290 Å². The second-order valence-corrected chi connectivity index (χ2v) is 11.7. The second-order valence-electron chi connectivity index (χ2n) is 11.7. The van der Waals surface area contributed by atoms with Crippen molar-refractivity contribution in [2.24, 2.45) is 0 Å². The summed E-state index contributed by atoms with van der Waals surface area (Å²) in [6.07, 6.45) is 8.93. The highest BCUT2D eigenvalue weighted by atomic mass is 16.5. The molecule has 0 fully saturated rings. The molecule has 0 aliphatic rings. The number of para-hydroxylation sites is 2. The molecule has 4 aromatic carbocycles. The van der Waals surface area contributed by atoms with Crippen LogP contribution < -0.4 is 18.9 Å². The lowest BCUT2D eigenvalue weighted by Crippen LogP contribution is -2.16. The van der Waals surface area contributed by atoms with Crippen LogP contribution in [0.1, 0.15) is 92.9 Å². The van der Waals surface area contributed by atoms with Crippen molar-refractivity contribution in [3.8, 4) is 34.1 Å². The highest BCUT2D eigenvalue weighted by Crippen LogP contribution is 2.37. The molecule has 0 spiro atoms. The van der Waals surface area contributed by atoms with Crippen LogP contribution in [0.5, 0.6) is 23.0 Å². The van der Waals surface area contributed by atoms with Crippen LogP contribution in [0.3, 0.4) is 0 Å². The van der Waals surface area contributed by atoms with E-state index in [1.165, 1.54) is 32.1 Å². The number of esters is 1. The van der Waals surface area contributed by atoms with Gasteiger partial charge >= 0.3 is 11.9 Å². The number of benzene rings is 4. The van der Waals surface area contributed by atoms with Crippen molar-refractivity contribution in [1.29, 1.82) is 0 Å². The summed E-state index contributed by atoms with van der Waals surface area (Å²) in [6, 6.07) is 28.4. The van der Waals surface area contributed by atoms with E-state index in [1.807, 2.05) is 42.5 Å². The van der Waals surface area contributed by atoms with Crippen molar-refractivity contribution in [3.63, 3.8) is 0 Å². The number of unbranched alkanes of at least 4 members (excludes halogenated alkanes) is 6. The molecule has 0 aromatic heterocycles. The van der Waals surface area contributed by atoms with Gasteiger partial charge in [0.05, 0.1) is 30.9 Å². The number of aliphatic hydroxyl groups excluding tert-OH is 1. The van der Waals surface area contributed by atoms with Crippen LogP contribution in [0, 0.1) is 0 Å². The van der Waals surface area contributed by atoms with E-state index in [-0.39, 0.29) is 12.7 Å². The summed E-state index contributed by atoms with van der Waals surface area (Å²) in [5, 5.41) is 18.1. The molecule has 2 N–H and O–H groups in total. The lowest BCUT2D eigenvalue weighted by molar-refractivity contribution is 0.0694. The zero-order valence-electron chi connectivity index (χ0n) is 28.9. The summed E-state index contributed by atoms with van der Waals surface area (Å²) >= 11 is 0. The van der Waals surface area contributed by atoms with Gasteiger partial charge in [0.1, 0.15) is 29.1 Å². The van der Waals surface area contributed by atoms with Gasteiger partial charge < -0.3 is 29.2 Å². The molecule has 8 heteroatoms. The molecule has 8 nitrogen and oxygen atoms in total. The van der Waals surface area contributed by atoms with E-state index in [4.69, 9.17) is 24.1 Å². The number of hydrogen-bond acceptors (Lipinski definition) is 7. The number of carbonyl (C=O) groups excluding carboxylic acids is 1. The van der Waals surface area contributed by atoms with Crippen LogP contribution in [0.15, 0.2) is 97.1 Å². The molecular formula is C41H50O8. The largest absolute Gasteiger partial charge is 0.494 e. The highest BCUT2D eigenvalue weighted by Gasteiger charge is 2.16. The van der Waals surface area contributed by atoms with E-state index >= 15 is 0 Å². The van der Waals surface area contributed by atoms with E-state index in [1.54, 1.807) is 61.5 Å². The molecule has 4 rings (SSSR count). The van der Waals surface area contributed by atoms with E-state index < -0.39 is 11.9 Å². The summed E-state index contributed by atoms with van der Waals surface area (Å²) in [5.74, 6) is 1.18. The van der Waals surface area contributed by atoms with Crippen LogP contribution in [0.4, 0.5) is 0 Å². The third-order valence-electron chi connectivity index (χ3n) is 7.58. The van der Waals surface area contributed by atoms with Gasteiger partial charge in [0.15, 0.2) is 0 Å². The topological polar surface area (TPSA) is 112 Å². The maximum atomic E-state index is 12.8. The number of carboxylic acids is 1. The SMILES string of the molecule is CCCCCCOc1ccc(C(=O)O)cc1.CCCCCCOc1ccc(C(=O)Oc2ccccc2-c2ccccc2OC(C)CO)cc1. The highest BCUT2D eigenvalue weighted by molar-refractivity contribution is 5.92. The Kier molecular flexibility index (Phi) is 17.3. The number of aromatic carboxylic acids is 1. The van der Waals surface area contributed by atoms with Crippen LogP contribution in [-0.4, -0.2) is 48.1 Å². The number of aliphatic hydroxyl groups is 1. The van der Waals surface area contributed by atoms with Crippen LogP contribution >= 0.6 is 0 Å². The molecule has 0 amide bonds. The van der Waals surface area contributed by atoms with Gasteiger partial charge in [0.2, 0.25) is 0 Å². The summed E-state index contributed by atoms with van der Waals surface area (Å²) < 4.78 is 22.9. The Morgan fingerprint density at radius 2 is 1.08 bits per heavy atom. The maximum absolute atomic E-state index is 12.8. The monoisotopic (exact) mass is 670 g/mol. The van der Waals surface area contributed by atoms with Gasteiger partial charge in [0.25, 0.3) is 0 Å². The average molecular weight is 671 g/mol. The average Bonchev–Trinajstić information content (AvgIpc) is 3.12. The van der Waals surface area contributed by atoms with Crippen molar-refractivity contribution in [3.05, 3.63) is 108 Å². The molecule has 0 aliphatic heterocycles. The van der Waals surface area contributed by atoms with Gasteiger partial charge in [-0.1, -0.05) is 88.8 Å². The fourth-order valence-electron chi connectivity index (χ4n) is 4.80. The minimum atomic E-state index is -0.908. The Morgan fingerprint density at radius 3 is 1.57 bits per heavy atom. The summed E-state index contributed by atoms with van der Waals surface area (Å²) in [4.78, 5) is 23.4. The lowest BCUT2D eigenvalue weighted by Gasteiger charge is -2.17. The van der Waals surface area contributed by atoms with E-state index in [2.05, 4.69) is 13.8 Å². The summed E-state index contributed by atoms with van der Waals surface area (Å²) in [5.41, 5.74) is 2.26. The third kappa shape index (κ3) is 13.7. The number of rotatable bonds is 19. The summed E-state index contributed by atoms with van der Waals surface area (Å²) in [6.45, 7) is 7.43. The van der Waals surface area contributed by atoms with E-state index in [0.717, 1.165) is 41.9 Å². The van der Waals surface area contributed by atoms with Crippen LogP contribution in [-0.2, 0) is 0 Å². The van der Waals surface area contributed by atoms with Crippen molar-refractivity contribution in [2.45, 2.75) is 78.2 Å². The first kappa shape index (κ1) is 38.6. The normalized spacial score (nSPS) is 11.1. The van der Waals surface area contributed by atoms with Crippen molar-refractivity contribution in [1.82, 2.24) is 0 Å². The molecule has 0 radical (unpaired) electrons. The first-order chi connectivity index (χ1) is 23.9. The molecule has 0 aliphatic carbocycles. The smallest absolute Gasteiger partial charge is 0.343 e. The number of ether oxygens (including phenoxy) is 4. The molecule has 1 unspecified atom stereocenters. The predicted octanol–water partition coefficient (Wildman–Crippen LogP) is 9.64. The zero-order valence-corrected chi connectivity index (χ0v) is 28.9. The Balaban J connectivity index is 0.000000341. The standard InChI is InChI=1S/C28H32O5.C13H18O3/c1-3-4-5-10-19-31-23-17-15-22(16-18-23)28(30)33-27-14-9-7-12-25(27)24-11-6-8-13-26(24)32-21(2)20-29;1-2-3-4-5-10-16-12-8-6-11(7-9-12)13(14)15/h6-9,11-18,21,29H,3-5,10,19-20H2,1-2H3;6-9H,2-5,10H2,1H3,(H,14,15). The van der Waals surface area contributed by atoms with Gasteiger partial charge in [-0.05, 0) is 80.4 Å². The Bertz CT molecular complexity index is 1530. The zero-order chi connectivity index (χ0) is 35.3. The first-order valence-corrected chi connectivity index (χ1v) is 17.2. The fraction of sp³-hybridized carbons (Fsp3) is 0.366. The van der Waals surface area contributed by atoms with Gasteiger partial charge in [-0.3, -0.25) is 0 Å². The number of hydrogen-bond donors (Lipinski definition) is 2. The van der Waals surface area contributed by atoms with Crippen LogP contribution in [0.25, 0.3) is 11.1 Å². The molecule has 4 aromatic rings. The molecule has 262 valence electrons. The van der Waals surface area contributed by atoms with Gasteiger partial charge in [-0.2, -0.15) is 0 Å². The van der Waals surface area contributed by atoms with Crippen LogP contribution in [0.2, 0.25) is 0 Å². The molecule has 1 atom stereocenters. The predicted molar refractivity (Wildman–Crippen MR) is 193 cm³/mol. The molecule has 0 bridgehead atoms. The van der Waals surface area contributed by atoms with E-state index in [0.29, 0.717) is 35.8 Å².